The number of nitrogens with one attached hydrogen (secondary N) is 4. The third-order valence-electron chi connectivity index (χ3n) is 9.27. The Morgan fingerprint density at radius 3 is 2.20 bits per heavy atom. The number of hydrogen-bond acceptors (Lipinski definition) is 8. The highest BCUT2D eigenvalue weighted by Crippen LogP contribution is 2.48. The maximum absolute atomic E-state index is 16.2. The standard InChI is InChI=1S/C36H39Cl2FN6O4/c1-48-34-21(17-40-18-22-10-13-31(46)42-22)9-12-29(44-34)36(15-5-7-25(33(36)38)24-6-3-4-8-27(24)37)30-16-28(39)26(35(45-30)49-2)20-41-19-23-11-14-32(47)43-23/h3-9,12,15-16,22-23,33,40-41H,10-11,13-14,17-20H2,1-2H3,(H,42,46)(H,43,47)/t22-,23+,33?,36?/m1/s1. The Kier molecular flexibility index (Phi) is 10.8. The lowest BCUT2D eigenvalue weighted by Crippen LogP contribution is -2.40. The summed E-state index contributed by atoms with van der Waals surface area (Å²) in [5.74, 6) is 0.0319. The predicted octanol–water partition coefficient (Wildman–Crippen LogP) is 4.57. The molecule has 258 valence electrons. The second-order valence-corrected chi connectivity index (χ2v) is 13.2. The van der Waals surface area contributed by atoms with Crippen LogP contribution in [0.1, 0.15) is 53.8 Å². The van der Waals surface area contributed by atoms with Crippen molar-refractivity contribution in [3.63, 3.8) is 0 Å². The average Bonchev–Trinajstić information content (AvgIpc) is 3.72. The van der Waals surface area contributed by atoms with Crippen LogP contribution in [0.4, 0.5) is 4.39 Å². The lowest BCUT2D eigenvalue weighted by molar-refractivity contribution is -0.120. The highest BCUT2D eigenvalue weighted by molar-refractivity contribution is 6.34. The van der Waals surface area contributed by atoms with Crippen molar-refractivity contribution in [3.05, 3.63) is 99.6 Å². The minimum absolute atomic E-state index is 0.0146. The number of rotatable bonds is 13. The van der Waals surface area contributed by atoms with E-state index in [2.05, 4.69) is 21.3 Å². The van der Waals surface area contributed by atoms with Crippen molar-refractivity contribution in [2.45, 2.75) is 61.6 Å². The van der Waals surface area contributed by atoms with Gasteiger partial charge in [-0.05, 0) is 42.2 Å². The molecule has 0 spiro atoms. The molecule has 3 aromatic rings. The van der Waals surface area contributed by atoms with Gasteiger partial charge in [0, 0.05) is 61.7 Å². The molecule has 13 heteroatoms. The summed E-state index contributed by atoms with van der Waals surface area (Å²) in [5.41, 5.74) is 2.01. The molecule has 0 saturated carbocycles. The Balaban J connectivity index is 1.36. The van der Waals surface area contributed by atoms with Gasteiger partial charge >= 0.3 is 0 Å². The molecule has 2 amide bonds. The van der Waals surface area contributed by atoms with Crippen LogP contribution in [0.3, 0.4) is 0 Å². The molecule has 10 nitrogen and oxygen atoms in total. The van der Waals surface area contributed by atoms with Crippen molar-refractivity contribution in [1.82, 2.24) is 31.2 Å². The van der Waals surface area contributed by atoms with E-state index in [1.165, 1.54) is 13.2 Å². The van der Waals surface area contributed by atoms with Gasteiger partial charge in [0.15, 0.2) is 0 Å². The number of hydrogen-bond donors (Lipinski definition) is 4. The quantitative estimate of drug-likeness (QED) is 0.190. The molecule has 6 rings (SSSR count). The fourth-order valence-corrected chi connectivity index (χ4v) is 7.42. The van der Waals surface area contributed by atoms with Crippen LogP contribution in [-0.4, -0.2) is 66.6 Å². The van der Waals surface area contributed by atoms with Gasteiger partial charge in [-0.3, -0.25) is 9.59 Å². The van der Waals surface area contributed by atoms with Crippen molar-refractivity contribution in [2.24, 2.45) is 0 Å². The van der Waals surface area contributed by atoms with E-state index < -0.39 is 16.6 Å². The van der Waals surface area contributed by atoms with Crippen LogP contribution in [0, 0.1) is 5.82 Å². The predicted molar refractivity (Wildman–Crippen MR) is 186 cm³/mol. The lowest BCUT2D eigenvalue weighted by Gasteiger charge is -2.38. The third-order valence-corrected chi connectivity index (χ3v) is 10.2. The Bertz CT molecular complexity index is 1790. The van der Waals surface area contributed by atoms with E-state index in [-0.39, 0.29) is 41.9 Å². The largest absolute Gasteiger partial charge is 0.481 e. The minimum Gasteiger partial charge on any atom is -0.481 e. The van der Waals surface area contributed by atoms with Gasteiger partial charge in [-0.25, -0.2) is 14.4 Å². The van der Waals surface area contributed by atoms with Crippen LogP contribution in [0.25, 0.3) is 5.57 Å². The number of ether oxygens (including phenoxy) is 2. The molecule has 2 aromatic heterocycles. The van der Waals surface area contributed by atoms with Crippen molar-refractivity contribution in [2.75, 3.05) is 27.3 Å². The van der Waals surface area contributed by atoms with E-state index in [0.29, 0.717) is 60.3 Å². The minimum atomic E-state index is -1.27. The fraction of sp³-hybridized carbons (Fsp3) is 0.389. The van der Waals surface area contributed by atoms with E-state index in [0.717, 1.165) is 24.0 Å². The molecular formula is C36H39Cl2FN6O4. The maximum atomic E-state index is 16.2. The Morgan fingerprint density at radius 1 is 0.918 bits per heavy atom. The van der Waals surface area contributed by atoms with E-state index in [1.54, 1.807) is 13.2 Å². The van der Waals surface area contributed by atoms with Crippen molar-refractivity contribution >= 4 is 40.6 Å². The van der Waals surface area contributed by atoms with Crippen LogP contribution < -0.4 is 30.7 Å². The summed E-state index contributed by atoms with van der Waals surface area (Å²) < 4.78 is 27.6. The molecule has 0 radical (unpaired) electrons. The first-order valence-corrected chi connectivity index (χ1v) is 17.1. The smallest absolute Gasteiger partial charge is 0.220 e. The van der Waals surface area contributed by atoms with Gasteiger partial charge in [-0.1, -0.05) is 54.1 Å². The second-order valence-electron chi connectivity index (χ2n) is 12.4. The van der Waals surface area contributed by atoms with Crippen molar-refractivity contribution in [1.29, 1.82) is 0 Å². The molecule has 0 bridgehead atoms. The van der Waals surface area contributed by atoms with Gasteiger partial charge in [0.1, 0.15) is 5.82 Å². The van der Waals surface area contributed by atoms with Gasteiger partial charge in [-0.15, -0.1) is 11.6 Å². The molecule has 1 aromatic carbocycles. The molecule has 4 N–H and O–H groups in total. The zero-order valence-corrected chi connectivity index (χ0v) is 28.8. The van der Waals surface area contributed by atoms with Crippen LogP contribution in [-0.2, 0) is 28.1 Å². The highest BCUT2D eigenvalue weighted by Gasteiger charge is 2.47. The zero-order valence-electron chi connectivity index (χ0n) is 27.3. The maximum Gasteiger partial charge on any atom is 0.220 e. The van der Waals surface area contributed by atoms with Gasteiger partial charge in [0.25, 0.3) is 0 Å². The first kappa shape index (κ1) is 34.8. The number of benzene rings is 1. The third kappa shape index (κ3) is 7.30. The number of amides is 2. The van der Waals surface area contributed by atoms with Crippen LogP contribution >= 0.6 is 23.2 Å². The van der Waals surface area contributed by atoms with E-state index in [9.17, 15) is 9.59 Å². The summed E-state index contributed by atoms with van der Waals surface area (Å²) in [6.07, 6.45) is 8.14. The van der Waals surface area contributed by atoms with Gasteiger partial charge < -0.3 is 30.7 Å². The Hall–Kier alpha value is -4.03. The highest BCUT2D eigenvalue weighted by atomic mass is 35.5. The van der Waals surface area contributed by atoms with E-state index in [1.807, 2.05) is 48.6 Å². The van der Waals surface area contributed by atoms with Crippen molar-refractivity contribution in [3.8, 4) is 11.8 Å². The fourth-order valence-electron chi connectivity index (χ4n) is 6.68. The van der Waals surface area contributed by atoms with Crippen LogP contribution in [0.15, 0.2) is 60.7 Å². The summed E-state index contributed by atoms with van der Waals surface area (Å²) in [6.45, 7) is 1.69. The molecule has 2 saturated heterocycles. The Morgan fingerprint density at radius 2 is 1.57 bits per heavy atom. The van der Waals surface area contributed by atoms with Gasteiger partial charge in [0.2, 0.25) is 23.6 Å². The number of methoxy groups -OCH3 is 2. The summed E-state index contributed by atoms with van der Waals surface area (Å²) in [4.78, 5) is 33.1. The molecule has 3 aliphatic rings. The summed E-state index contributed by atoms with van der Waals surface area (Å²) in [5, 5.41) is 12.2. The lowest BCUT2D eigenvalue weighted by atomic mass is 9.70. The normalized spacial score (nSPS) is 23.3. The molecule has 4 atom stereocenters. The number of halogens is 3. The Labute approximate surface area is 294 Å². The van der Waals surface area contributed by atoms with Crippen molar-refractivity contribution < 1.29 is 23.5 Å². The molecule has 1 aliphatic carbocycles. The molecule has 2 fully saturated rings. The van der Waals surface area contributed by atoms with Crippen LogP contribution in [0.2, 0.25) is 5.02 Å². The first-order chi connectivity index (χ1) is 23.7. The number of alkyl halides is 1. The van der Waals surface area contributed by atoms with Gasteiger partial charge in [-0.2, -0.15) is 0 Å². The molecule has 2 unspecified atom stereocenters. The van der Waals surface area contributed by atoms with E-state index >= 15 is 4.39 Å². The summed E-state index contributed by atoms with van der Waals surface area (Å²) in [7, 11) is 2.99. The number of pyridine rings is 2. The second kappa shape index (κ2) is 15.2. The topological polar surface area (TPSA) is 126 Å². The molecular weight excluding hydrogens is 670 g/mol. The monoisotopic (exact) mass is 708 g/mol. The molecule has 2 aliphatic heterocycles. The molecule has 49 heavy (non-hydrogen) atoms. The molecule has 4 heterocycles. The zero-order chi connectivity index (χ0) is 34.5. The number of carbonyl (C=O) groups excluding carboxylic acids is 2. The summed E-state index contributed by atoms with van der Waals surface area (Å²) >= 11 is 14.1. The number of nitrogens with zero attached hydrogens (tertiary/aromatic N) is 2. The van der Waals surface area contributed by atoms with E-state index in [4.69, 9.17) is 42.6 Å². The number of aromatic nitrogens is 2. The SMILES string of the molecule is COc1nc(C2(c3cc(F)c(CNC[C@@H]4CCC(=O)N4)c(OC)n3)C=CC=C(c3ccccc3Cl)C2Cl)ccc1CNC[C@H]1CCC(=O)N1. The van der Waals surface area contributed by atoms with Gasteiger partial charge in [0.05, 0.1) is 42.0 Å². The summed E-state index contributed by atoms with van der Waals surface area (Å²) in [6, 6.07) is 12.6. The number of allylic oxidation sites excluding steroid dienone is 4. The van der Waals surface area contributed by atoms with Crippen LogP contribution in [0.5, 0.6) is 11.8 Å². The average molecular weight is 710 g/mol. The number of carbonyl (C=O) groups is 2. The first-order valence-electron chi connectivity index (χ1n) is 16.3.